The minimum absolute atomic E-state index is 0.0316. The van der Waals surface area contributed by atoms with Crippen LogP contribution in [0.15, 0.2) is 24.4 Å². The highest BCUT2D eigenvalue weighted by Crippen LogP contribution is 2.32. The lowest BCUT2D eigenvalue weighted by atomic mass is 9.93. The third-order valence-corrected chi connectivity index (χ3v) is 5.04. The Morgan fingerprint density at radius 1 is 1.23 bits per heavy atom. The van der Waals surface area contributed by atoms with Crippen molar-refractivity contribution in [2.45, 2.75) is 25.7 Å². The summed E-state index contributed by atoms with van der Waals surface area (Å²) in [5, 5.41) is 8.91. The fraction of sp³-hybridized carbons (Fsp3) is 0.476. The lowest BCUT2D eigenvalue weighted by molar-refractivity contribution is -0.138. The number of piperidine rings is 1. The molecular weight excluding hydrogens is 396 g/mol. The Hall–Kier alpha value is -2.81. The van der Waals surface area contributed by atoms with Crippen molar-refractivity contribution in [2.75, 3.05) is 38.3 Å². The summed E-state index contributed by atoms with van der Waals surface area (Å²) in [4.78, 5) is 20.8. The van der Waals surface area contributed by atoms with E-state index in [2.05, 4.69) is 9.97 Å². The van der Waals surface area contributed by atoms with E-state index < -0.39 is 17.6 Å². The Bertz CT molecular complexity index is 850. The molecule has 1 saturated heterocycles. The Balaban J connectivity index is 1.71. The van der Waals surface area contributed by atoms with E-state index in [0.717, 1.165) is 0 Å². The highest BCUT2D eigenvalue weighted by Gasteiger charge is 2.26. The van der Waals surface area contributed by atoms with Crippen LogP contribution in [0, 0.1) is 17.6 Å². The van der Waals surface area contributed by atoms with Crippen LogP contribution in [-0.2, 0) is 9.53 Å². The summed E-state index contributed by atoms with van der Waals surface area (Å²) < 4.78 is 40.1. The highest BCUT2D eigenvalue weighted by atomic mass is 19.1. The maximum absolute atomic E-state index is 14.8. The first kappa shape index (κ1) is 21.9. The van der Waals surface area contributed by atoms with Gasteiger partial charge in [-0.1, -0.05) is 0 Å². The fourth-order valence-corrected chi connectivity index (χ4v) is 3.55. The Morgan fingerprint density at radius 2 is 1.93 bits per heavy atom. The molecule has 0 saturated carbocycles. The molecule has 1 aromatic heterocycles. The van der Waals surface area contributed by atoms with E-state index in [0.29, 0.717) is 51.4 Å². The summed E-state index contributed by atoms with van der Waals surface area (Å²) in [5.41, 5.74) is 0.122. The molecule has 0 aliphatic carbocycles. The molecule has 2 heterocycles. The molecule has 0 bridgehead atoms. The van der Waals surface area contributed by atoms with Crippen molar-refractivity contribution < 1.29 is 28.2 Å². The first-order valence-electron chi connectivity index (χ1n) is 9.89. The van der Waals surface area contributed by atoms with Crippen LogP contribution in [0.3, 0.4) is 0 Å². The van der Waals surface area contributed by atoms with Crippen molar-refractivity contribution in [1.82, 2.24) is 9.97 Å². The molecule has 3 rings (SSSR count). The van der Waals surface area contributed by atoms with Gasteiger partial charge < -0.3 is 19.5 Å². The third-order valence-electron chi connectivity index (χ3n) is 5.04. The monoisotopic (exact) mass is 421 g/mol. The van der Waals surface area contributed by atoms with Crippen LogP contribution in [-0.4, -0.2) is 54.5 Å². The van der Waals surface area contributed by atoms with Crippen LogP contribution in [0.5, 0.6) is 5.88 Å². The van der Waals surface area contributed by atoms with Gasteiger partial charge in [-0.15, -0.1) is 0 Å². The van der Waals surface area contributed by atoms with Gasteiger partial charge in [-0.3, -0.25) is 4.79 Å². The zero-order chi connectivity index (χ0) is 21.5. The number of carboxylic acid groups (broad SMARTS) is 1. The summed E-state index contributed by atoms with van der Waals surface area (Å²) in [6, 6.07) is 4.01. The molecule has 2 aromatic rings. The number of hydrogen-bond acceptors (Lipinski definition) is 6. The molecule has 162 valence electrons. The largest absolute Gasteiger partial charge is 0.481 e. The molecule has 0 atom stereocenters. The molecular formula is C21H25F2N3O4. The first-order valence-corrected chi connectivity index (χ1v) is 9.89. The maximum atomic E-state index is 14.8. The van der Waals surface area contributed by atoms with Gasteiger partial charge in [0, 0.05) is 57.5 Å². The third kappa shape index (κ3) is 5.63. The summed E-state index contributed by atoms with van der Waals surface area (Å²) in [7, 11) is 1.60. The Kier molecular flexibility index (Phi) is 7.51. The molecule has 0 radical (unpaired) electrons. The zero-order valence-corrected chi connectivity index (χ0v) is 16.8. The van der Waals surface area contributed by atoms with Crippen molar-refractivity contribution in [3.05, 3.63) is 36.0 Å². The van der Waals surface area contributed by atoms with Crippen molar-refractivity contribution in [2.24, 2.45) is 5.92 Å². The maximum Gasteiger partial charge on any atom is 0.303 e. The fourth-order valence-electron chi connectivity index (χ4n) is 3.55. The van der Waals surface area contributed by atoms with Crippen molar-refractivity contribution in [1.29, 1.82) is 0 Å². The molecule has 1 N–H and O–H groups in total. The second-order valence-corrected chi connectivity index (χ2v) is 7.23. The number of anilines is 1. The number of benzene rings is 1. The number of ether oxygens (including phenoxy) is 2. The molecule has 0 amide bonds. The first-order chi connectivity index (χ1) is 14.5. The van der Waals surface area contributed by atoms with Crippen LogP contribution in [0.1, 0.15) is 25.7 Å². The number of carbonyl (C=O) groups is 1. The second kappa shape index (κ2) is 10.3. The van der Waals surface area contributed by atoms with Gasteiger partial charge in [0.2, 0.25) is 5.88 Å². The van der Waals surface area contributed by atoms with Crippen molar-refractivity contribution >= 4 is 11.7 Å². The lowest BCUT2D eigenvalue weighted by Gasteiger charge is -2.33. The van der Waals surface area contributed by atoms with Gasteiger partial charge in [-0.2, -0.15) is 4.98 Å². The van der Waals surface area contributed by atoms with E-state index in [1.54, 1.807) is 18.1 Å². The van der Waals surface area contributed by atoms with Gasteiger partial charge >= 0.3 is 5.97 Å². The molecule has 1 aliphatic rings. The van der Waals surface area contributed by atoms with E-state index in [9.17, 15) is 13.6 Å². The van der Waals surface area contributed by atoms with Crippen molar-refractivity contribution in [3.8, 4) is 17.3 Å². The molecule has 1 aliphatic heterocycles. The van der Waals surface area contributed by atoms with Gasteiger partial charge in [0.05, 0.1) is 6.61 Å². The van der Waals surface area contributed by atoms with E-state index >= 15 is 0 Å². The highest BCUT2D eigenvalue weighted by molar-refractivity contribution is 5.67. The molecule has 1 aromatic carbocycles. The standard InChI is InChI=1S/C21H25F2N3O4/c1-29-9-2-10-30-18-3-6-24-21(25-18)15-12-16(22)20(17(23)13-15)26-7-4-14(5-8-26)11-19(27)28/h3,6,12-14H,2,4-5,7-11H2,1H3,(H,27,28). The summed E-state index contributed by atoms with van der Waals surface area (Å²) >= 11 is 0. The average Bonchev–Trinajstić information content (AvgIpc) is 2.72. The molecule has 30 heavy (non-hydrogen) atoms. The van der Waals surface area contributed by atoms with E-state index in [4.69, 9.17) is 14.6 Å². The molecule has 0 spiro atoms. The van der Waals surface area contributed by atoms with Crippen LogP contribution >= 0.6 is 0 Å². The topological polar surface area (TPSA) is 84.8 Å². The Morgan fingerprint density at radius 3 is 2.57 bits per heavy atom. The summed E-state index contributed by atoms with van der Waals surface area (Å²) in [6.07, 6.45) is 3.41. The average molecular weight is 421 g/mol. The number of methoxy groups -OCH3 is 1. The van der Waals surface area contributed by atoms with Crippen LogP contribution in [0.4, 0.5) is 14.5 Å². The number of aromatic nitrogens is 2. The number of halogens is 2. The number of carboxylic acids is 1. The minimum atomic E-state index is -0.847. The number of aliphatic carboxylic acids is 1. The normalized spacial score (nSPS) is 14.7. The van der Waals surface area contributed by atoms with E-state index in [1.165, 1.54) is 18.3 Å². The molecule has 9 heteroatoms. The zero-order valence-electron chi connectivity index (χ0n) is 16.8. The predicted octanol–water partition coefficient (Wildman–Crippen LogP) is 3.53. The van der Waals surface area contributed by atoms with Crippen molar-refractivity contribution in [3.63, 3.8) is 0 Å². The number of rotatable bonds is 9. The van der Waals surface area contributed by atoms with E-state index in [1.807, 2.05) is 0 Å². The summed E-state index contributed by atoms with van der Waals surface area (Å²) in [6.45, 7) is 1.78. The van der Waals surface area contributed by atoms with E-state index in [-0.39, 0.29) is 29.4 Å². The molecule has 1 fully saturated rings. The summed E-state index contributed by atoms with van der Waals surface area (Å²) in [5.74, 6) is -1.72. The SMILES string of the molecule is COCCCOc1ccnc(-c2cc(F)c(N3CCC(CC(=O)O)CC3)c(F)c2)n1. The minimum Gasteiger partial charge on any atom is -0.481 e. The van der Waals surface area contributed by atoms with Gasteiger partial charge in [-0.05, 0) is 30.9 Å². The van der Waals surface area contributed by atoms with Crippen LogP contribution in [0.2, 0.25) is 0 Å². The van der Waals surface area contributed by atoms with Crippen LogP contribution < -0.4 is 9.64 Å². The van der Waals surface area contributed by atoms with Gasteiger partial charge in [0.25, 0.3) is 0 Å². The number of hydrogen-bond donors (Lipinski definition) is 1. The van der Waals surface area contributed by atoms with Gasteiger partial charge in [0.15, 0.2) is 5.82 Å². The molecule has 0 unspecified atom stereocenters. The predicted molar refractivity (Wildman–Crippen MR) is 107 cm³/mol. The Labute approximate surface area is 173 Å². The van der Waals surface area contributed by atoms with Crippen LogP contribution in [0.25, 0.3) is 11.4 Å². The van der Waals surface area contributed by atoms with Gasteiger partial charge in [-0.25, -0.2) is 13.8 Å². The molecule has 7 nitrogen and oxygen atoms in total. The quantitative estimate of drug-likeness (QED) is 0.620. The second-order valence-electron chi connectivity index (χ2n) is 7.23. The smallest absolute Gasteiger partial charge is 0.303 e. The lowest BCUT2D eigenvalue weighted by Crippen LogP contribution is -2.35. The van der Waals surface area contributed by atoms with Gasteiger partial charge in [0.1, 0.15) is 17.3 Å². The number of nitrogens with zero attached hydrogens (tertiary/aromatic N) is 3.